The van der Waals surface area contributed by atoms with Crippen molar-refractivity contribution in [2.75, 3.05) is 6.26 Å². The molecule has 0 fully saturated rings. The summed E-state index contributed by atoms with van der Waals surface area (Å²) in [5.41, 5.74) is 1.26. The minimum absolute atomic E-state index is 0.260. The van der Waals surface area contributed by atoms with Gasteiger partial charge in [-0.3, -0.25) is 0 Å². The van der Waals surface area contributed by atoms with Crippen molar-refractivity contribution >= 4 is 9.84 Å². The Balaban J connectivity index is 1.94. The molecule has 0 heterocycles. The molecule has 0 aromatic heterocycles. The minimum atomic E-state index is -3.20. The van der Waals surface area contributed by atoms with Gasteiger partial charge in [0, 0.05) is 31.0 Å². The number of rotatable bonds is 5. The maximum atomic E-state index is 13.4. The summed E-state index contributed by atoms with van der Waals surface area (Å²) < 4.78 is 48.8. The Morgan fingerprint density at radius 2 is 1.67 bits per heavy atom. The van der Waals surface area contributed by atoms with Gasteiger partial charge in [0.15, 0.2) is 9.84 Å². The van der Waals surface area contributed by atoms with E-state index in [2.05, 4.69) is 5.32 Å². The third-order valence-corrected chi connectivity index (χ3v) is 4.14. The Morgan fingerprint density at radius 3 is 2.24 bits per heavy atom. The average molecular weight is 311 g/mol. The molecular formula is C15H15F2NO2S. The Bertz CT molecular complexity index is 728. The van der Waals surface area contributed by atoms with Crippen LogP contribution in [0.3, 0.4) is 0 Å². The van der Waals surface area contributed by atoms with Crippen molar-refractivity contribution < 1.29 is 17.2 Å². The van der Waals surface area contributed by atoms with Gasteiger partial charge in [0.25, 0.3) is 0 Å². The van der Waals surface area contributed by atoms with Crippen LogP contribution < -0.4 is 5.32 Å². The van der Waals surface area contributed by atoms with Crippen LogP contribution in [0.4, 0.5) is 8.78 Å². The van der Waals surface area contributed by atoms with E-state index in [4.69, 9.17) is 0 Å². The highest BCUT2D eigenvalue weighted by molar-refractivity contribution is 7.90. The van der Waals surface area contributed by atoms with Crippen molar-refractivity contribution in [1.29, 1.82) is 0 Å². The molecule has 21 heavy (non-hydrogen) atoms. The molecular weight excluding hydrogens is 296 g/mol. The third-order valence-electron chi connectivity index (χ3n) is 3.01. The molecule has 0 radical (unpaired) electrons. The van der Waals surface area contributed by atoms with Gasteiger partial charge < -0.3 is 5.32 Å². The van der Waals surface area contributed by atoms with Gasteiger partial charge in [0.1, 0.15) is 11.6 Å². The van der Waals surface area contributed by atoms with E-state index in [9.17, 15) is 17.2 Å². The second-order valence-corrected chi connectivity index (χ2v) is 6.77. The van der Waals surface area contributed by atoms with Crippen molar-refractivity contribution in [1.82, 2.24) is 5.32 Å². The van der Waals surface area contributed by atoms with Crippen LogP contribution in [0.15, 0.2) is 47.4 Å². The summed E-state index contributed by atoms with van der Waals surface area (Å²) in [6, 6.07) is 9.91. The van der Waals surface area contributed by atoms with E-state index in [1.165, 1.54) is 24.3 Å². The number of hydrogen-bond donors (Lipinski definition) is 1. The molecule has 2 aromatic rings. The zero-order valence-corrected chi connectivity index (χ0v) is 12.3. The van der Waals surface area contributed by atoms with Crippen LogP contribution in [0, 0.1) is 11.6 Å². The van der Waals surface area contributed by atoms with Crippen LogP contribution in [0.5, 0.6) is 0 Å². The first-order valence-corrected chi connectivity index (χ1v) is 8.19. The lowest BCUT2D eigenvalue weighted by molar-refractivity contribution is 0.560. The Labute approximate surface area is 122 Å². The van der Waals surface area contributed by atoms with E-state index < -0.39 is 21.5 Å². The fourth-order valence-corrected chi connectivity index (χ4v) is 2.49. The predicted octanol–water partition coefficient (Wildman–Crippen LogP) is 2.66. The van der Waals surface area contributed by atoms with Gasteiger partial charge in [-0.2, -0.15) is 0 Å². The minimum Gasteiger partial charge on any atom is -0.309 e. The molecule has 3 nitrogen and oxygen atoms in total. The van der Waals surface area contributed by atoms with Gasteiger partial charge >= 0.3 is 0 Å². The first kappa shape index (κ1) is 15.6. The number of hydrogen-bond acceptors (Lipinski definition) is 3. The van der Waals surface area contributed by atoms with Crippen molar-refractivity contribution in [3.63, 3.8) is 0 Å². The van der Waals surface area contributed by atoms with Gasteiger partial charge in [0.05, 0.1) is 4.90 Å². The molecule has 0 bridgehead atoms. The zero-order chi connectivity index (χ0) is 15.5. The second kappa shape index (κ2) is 6.32. The fourth-order valence-electron chi connectivity index (χ4n) is 1.86. The van der Waals surface area contributed by atoms with Crippen LogP contribution in [0.25, 0.3) is 0 Å². The summed E-state index contributed by atoms with van der Waals surface area (Å²) >= 11 is 0. The number of nitrogens with one attached hydrogen (secondary N) is 1. The summed E-state index contributed by atoms with van der Waals surface area (Å²) in [5.74, 6) is -1.19. The molecule has 6 heteroatoms. The lowest BCUT2D eigenvalue weighted by Crippen LogP contribution is -2.14. The molecule has 0 amide bonds. The first-order chi connectivity index (χ1) is 9.86. The highest BCUT2D eigenvalue weighted by atomic mass is 32.2. The highest BCUT2D eigenvalue weighted by Crippen LogP contribution is 2.11. The largest absolute Gasteiger partial charge is 0.309 e. The summed E-state index contributed by atoms with van der Waals surface area (Å²) in [6.45, 7) is 0.723. The maximum absolute atomic E-state index is 13.4. The zero-order valence-electron chi connectivity index (χ0n) is 11.4. The van der Waals surface area contributed by atoms with E-state index in [1.807, 2.05) is 0 Å². The van der Waals surface area contributed by atoms with Gasteiger partial charge in [-0.25, -0.2) is 17.2 Å². The molecule has 2 aromatic carbocycles. The molecule has 0 aliphatic rings. The topological polar surface area (TPSA) is 46.2 Å². The van der Waals surface area contributed by atoms with Gasteiger partial charge in [-0.15, -0.1) is 0 Å². The van der Waals surface area contributed by atoms with E-state index in [0.29, 0.717) is 12.1 Å². The Morgan fingerprint density at radius 1 is 1.00 bits per heavy atom. The molecule has 2 rings (SSSR count). The maximum Gasteiger partial charge on any atom is 0.175 e. The van der Waals surface area contributed by atoms with Crippen molar-refractivity contribution in [2.24, 2.45) is 0 Å². The number of sulfone groups is 1. The molecule has 0 atom stereocenters. The average Bonchev–Trinajstić information content (AvgIpc) is 2.41. The molecule has 0 aliphatic carbocycles. The van der Waals surface area contributed by atoms with Crippen molar-refractivity contribution in [3.05, 3.63) is 65.2 Å². The summed E-state index contributed by atoms with van der Waals surface area (Å²) in [7, 11) is -3.20. The van der Waals surface area contributed by atoms with Crippen LogP contribution >= 0.6 is 0 Å². The molecule has 0 saturated heterocycles. The van der Waals surface area contributed by atoms with Gasteiger partial charge in [-0.1, -0.05) is 18.2 Å². The van der Waals surface area contributed by atoms with Crippen LogP contribution in [0.2, 0.25) is 0 Å². The quantitative estimate of drug-likeness (QED) is 0.923. The predicted molar refractivity (Wildman–Crippen MR) is 76.5 cm³/mol. The lowest BCUT2D eigenvalue weighted by atomic mass is 10.2. The normalized spacial score (nSPS) is 11.6. The molecule has 1 N–H and O–H groups in total. The summed E-state index contributed by atoms with van der Waals surface area (Å²) in [6.07, 6.45) is 1.15. The smallest absolute Gasteiger partial charge is 0.175 e. The van der Waals surface area contributed by atoms with E-state index in [-0.39, 0.29) is 11.4 Å². The molecule has 112 valence electrons. The Kier molecular flexibility index (Phi) is 4.69. The molecule has 0 unspecified atom stereocenters. The first-order valence-electron chi connectivity index (χ1n) is 6.30. The monoisotopic (exact) mass is 311 g/mol. The number of halogens is 2. The second-order valence-electron chi connectivity index (χ2n) is 4.76. The molecule has 0 spiro atoms. The number of benzene rings is 2. The van der Waals surface area contributed by atoms with Crippen LogP contribution in [0.1, 0.15) is 11.1 Å². The van der Waals surface area contributed by atoms with Crippen molar-refractivity contribution in [3.8, 4) is 0 Å². The Hall–Kier alpha value is -1.79. The van der Waals surface area contributed by atoms with Crippen molar-refractivity contribution in [2.45, 2.75) is 18.0 Å². The lowest BCUT2D eigenvalue weighted by Gasteiger charge is -2.07. The SMILES string of the molecule is CS(=O)(=O)c1ccc(CNCc2ccc(F)cc2F)cc1. The molecule has 0 aliphatic heterocycles. The van der Waals surface area contributed by atoms with E-state index in [1.54, 1.807) is 12.1 Å². The fraction of sp³-hybridized carbons (Fsp3) is 0.200. The standard InChI is InChI=1S/C15H15F2NO2S/c1-21(19,20)14-6-2-11(3-7-14)9-18-10-12-4-5-13(16)8-15(12)17/h2-8,18H,9-10H2,1H3. The molecule has 0 saturated carbocycles. The summed E-state index contributed by atoms with van der Waals surface area (Å²) in [4.78, 5) is 0.260. The summed E-state index contributed by atoms with van der Waals surface area (Å²) in [5, 5.41) is 3.02. The van der Waals surface area contributed by atoms with Crippen LogP contribution in [-0.2, 0) is 22.9 Å². The third kappa shape index (κ3) is 4.34. The van der Waals surface area contributed by atoms with Gasteiger partial charge in [-0.05, 0) is 23.8 Å². The highest BCUT2D eigenvalue weighted by Gasteiger charge is 2.06. The van der Waals surface area contributed by atoms with E-state index >= 15 is 0 Å². The van der Waals surface area contributed by atoms with Crippen LogP contribution in [-0.4, -0.2) is 14.7 Å². The van der Waals surface area contributed by atoms with E-state index in [0.717, 1.165) is 17.9 Å². The van der Waals surface area contributed by atoms with Gasteiger partial charge in [0.2, 0.25) is 0 Å².